The molecule has 0 saturated heterocycles. The lowest BCUT2D eigenvalue weighted by atomic mass is 10.2. The van der Waals surface area contributed by atoms with Crippen LogP contribution in [0.2, 0.25) is 0 Å². The Labute approximate surface area is 94.6 Å². The third-order valence-corrected chi connectivity index (χ3v) is 2.00. The summed E-state index contributed by atoms with van der Waals surface area (Å²) in [5.74, 6) is -0.579. The van der Waals surface area contributed by atoms with Crippen LogP contribution in [0.3, 0.4) is 0 Å². The fourth-order valence-corrected chi connectivity index (χ4v) is 1.22. The number of carbonyl (C=O) groups excluding carboxylic acids is 2. The van der Waals surface area contributed by atoms with Gasteiger partial charge in [0.2, 0.25) is 5.78 Å². The van der Waals surface area contributed by atoms with Gasteiger partial charge in [-0.2, -0.15) is 0 Å². The molecule has 16 heavy (non-hydrogen) atoms. The molecule has 86 valence electrons. The monoisotopic (exact) mass is 221 g/mol. The molecule has 4 nitrogen and oxygen atoms in total. The summed E-state index contributed by atoms with van der Waals surface area (Å²) in [5.41, 5.74) is 1.55. The molecule has 0 radical (unpaired) electrons. The Bertz CT molecular complexity index is 413. The minimum Gasteiger partial charge on any atom is -0.492 e. The molecule has 0 aliphatic heterocycles. The highest BCUT2D eigenvalue weighted by Crippen LogP contribution is 2.25. The van der Waals surface area contributed by atoms with E-state index in [9.17, 15) is 9.59 Å². The molecule has 0 heterocycles. The lowest BCUT2D eigenvalue weighted by Crippen LogP contribution is -2.20. The van der Waals surface area contributed by atoms with Crippen LogP contribution in [0.5, 0.6) is 5.75 Å². The van der Waals surface area contributed by atoms with E-state index in [2.05, 4.69) is 5.32 Å². The molecule has 0 spiro atoms. The number of anilines is 1. The molecule has 1 amide bonds. The Morgan fingerprint density at radius 3 is 2.62 bits per heavy atom. The van der Waals surface area contributed by atoms with Gasteiger partial charge in [0.1, 0.15) is 5.75 Å². The molecule has 0 atom stereocenters. The Hall–Kier alpha value is -1.84. The van der Waals surface area contributed by atoms with Crippen molar-refractivity contribution in [2.45, 2.75) is 20.8 Å². The van der Waals surface area contributed by atoms with Gasteiger partial charge in [-0.15, -0.1) is 0 Å². The fourth-order valence-electron chi connectivity index (χ4n) is 1.22. The molecule has 0 aliphatic carbocycles. The zero-order valence-corrected chi connectivity index (χ0v) is 9.66. The number of carbonyl (C=O) groups is 2. The number of aryl methyl sites for hydroxylation is 1. The zero-order valence-electron chi connectivity index (χ0n) is 9.66. The first-order valence-corrected chi connectivity index (χ1v) is 5.10. The predicted molar refractivity (Wildman–Crippen MR) is 61.7 cm³/mol. The van der Waals surface area contributed by atoms with E-state index in [4.69, 9.17) is 4.74 Å². The smallest absolute Gasteiger partial charge is 0.291 e. The van der Waals surface area contributed by atoms with E-state index in [0.717, 1.165) is 5.56 Å². The third kappa shape index (κ3) is 3.08. The second kappa shape index (κ2) is 5.30. The molecule has 4 heteroatoms. The van der Waals surface area contributed by atoms with Crippen LogP contribution in [-0.2, 0) is 9.59 Å². The third-order valence-electron chi connectivity index (χ3n) is 2.00. The number of hydrogen-bond donors (Lipinski definition) is 1. The number of ether oxygens (including phenoxy) is 1. The Balaban J connectivity index is 2.94. The van der Waals surface area contributed by atoms with Crippen LogP contribution in [-0.4, -0.2) is 18.3 Å². The molecular formula is C12H15NO3. The number of rotatable bonds is 4. The predicted octanol–water partition coefficient (Wildman–Crippen LogP) is 1.92. The molecule has 0 saturated carbocycles. The van der Waals surface area contributed by atoms with Gasteiger partial charge in [0, 0.05) is 6.92 Å². The van der Waals surface area contributed by atoms with Crippen molar-refractivity contribution >= 4 is 17.4 Å². The van der Waals surface area contributed by atoms with Crippen LogP contribution in [0.4, 0.5) is 5.69 Å². The first kappa shape index (κ1) is 12.2. The van der Waals surface area contributed by atoms with Crippen LogP contribution >= 0.6 is 0 Å². The maximum absolute atomic E-state index is 11.2. The normalized spacial score (nSPS) is 9.69. The standard InChI is InChI=1S/C12H15NO3/c1-4-16-11-7-8(2)5-6-10(11)13-12(15)9(3)14/h5-7H,4H2,1-3H3,(H,13,15). The molecule has 1 aromatic carbocycles. The Kier molecular flexibility index (Phi) is 4.05. The summed E-state index contributed by atoms with van der Waals surface area (Å²) in [6.45, 7) is 5.52. The van der Waals surface area contributed by atoms with Gasteiger partial charge in [-0.3, -0.25) is 9.59 Å². The van der Waals surface area contributed by atoms with Crippen LogP contribution in [0, 0.1) is 6.92 Å². The van der Waals surface area contributed by atoms with Crippen LogP contribution in [0.1, 0.15) is 19.4 Å². The summed E-state index contributed by atoms with van der Waals surface area (Å²) < 4.78 is 5.37. The molecule has 1 N–H and O–H groups in total. The lowest BCUT2D eigenvalue weighted by Gasteiger charge is -2.11. The molecule has 0 unspecified atom stereocenters. The summed E-state index contributed by atoms with van der Waals surface area (Å²) >= 11 is 0. The average Bonchev–Trinajstić information content (AvgIpc) is 2.22. The van der Waals surface area contributed by atoms with Crippen molar-refractivity contribution in [1.29, 1.82) is 0 Å². The second-order valence-corrected chi connectivity index (χ2v) is 3.44. The SMILES string of the molecule is CCOc1cc(C)ccc1NC(=O)C(C)=O. The molecule has 1 rings (SSSR count). The summed E-state index contributed by atoms with van der Waals surface area (Å²) in [6.07, 6.45) is 0. The van der Waals surface area contributed by atoms with Crippen molar-refractivity contribution in [3.8, 4) is 5.75 Å². The van der Waals surface area contributed by atoms with E-state index in [1.165, 1.54) is 6.92 Å². The van der Waals surface area contributed by atoms with E-state index in [-0.39, 0.29) is 0 Å². The van der Waals surface area contributed by atoms with Gasteiger partial charge >= 0.3 is 0 Å². The van der Waals surface area contributed by atoms with Crippen molar-refractivity contribution in [3.05, 3.63) is 23.8 Å². The van der Waals surface area contributed by atoms with Crippen molar-refractivity contribution in [1.82, 2.24) is 0 Å². The summed E-state index contributed by atoms with van der Waals surface area (Å²) in [6, 6.07) is 5.39. The van der Waals surface area contributed by atoms with Gasteiger partial charge in [0.05, 0.1) is 12.3 Å². The number of nitrogens with one attached hydrogen (secondary N) is 1. The zero-order chi connectivity index (χ0) is 12.1. The number of ketones is 1. The maximum atomic E-state index is 11.2. The number of amides is 1. The van der Waals surface area contributed by atoms with Crippen LogP contribution in [0.15, 0.2) is 18.2 Å². The highest BCUT2D eigenvalue weighted by molar-refractivity contribution is 6.39. The van der Waals surface area contributed by atoms with Gasteiger partial charge in [0.15, 0.2) is 0 Å². The van der Waals surface area contributed by atoms with E-state index in [1.54, 1.807) is 6.07 Å². The first-order valence-electron chi connectivity index (χ1n) is 5.10. The highest BCUT2D eigenvalue weighted by atomic mass is 16.5. The van der Waals surface area contributed by atoms with Crippen molar-refractivity contribution in [3.63, 3.8) is 0 Å². The largest absolute Gasteiger partial charge is 0.492 e. The number of benzene rings is 1. The minimum absolute atomic E-state index is 0.506. The fraction of sp³-hybridized carbons (Fsp3) is 0.333. The molecule has 0 aromatic heterocycles. The average molecular weight is 221 g/mol. The topological polar surface area (TPSA) is 55.4 Å². The first-order chi connectivity index (χ1) is 7.54. The highest BCUT2D eigenvalue weighted by Gasteiger charge is 2.11. The van der Waals surface area contributed by atoms with E-state index in [1.807, 2.05) is 26.0 Å². The van der Waals surface area contributed by atoms with Gasteiger partial charge in [-0.25, -0.2) is 0 Å². The van der Waals surface area contributed by atoms with Gasteiger partial charge < -0.3 is 10.1 Å². The molecule has 0 fully saturated rings. The number of hydrogen-bond acceptors (Lipinski definition) is 3. The molecule has 0 aliphatic rings. The molecular weight excluding hydrogens is 206 g/mol. The van der Waals surface area contributed by atoms with E-state index >= 15 is 0 Å². The summed E-state index contributed by atoms with van der Waals surface area (Å²) in [5, 5.41) is 2.51. The lowest BCUT2D eigenvalue weighted by molar-refractivity contribution is -0.133. The van der Waals surface area contributed by atoms with Gasteiger partial charge in [-0.05, 0) is 31.5 Å². The van der Waals surface area contributed by atoms with Gasteiger partial charge in [0.25, 0.3) is 5.91 Å². The Morgan fingerprint density at radius 2 is 2.06 bits per heavy atom. The van der Waals surface area contributed by atoms with Crippen molar-refractivity contribution in [2.75, 3.05) is 11.9 Å². The van der Waals surface area contributed by atoms with E-state index in [0.29, 0.717) is 18.0 Å². The maximum Gasteiger partial charge on any atom is 0.291 e. The van der Waals surface area contributed by atoms with Crippen molar-refractivity contribution < 1.29 is 14.3 Å². The van der Waals surface area contributed by atoms with Crippen molar-refractivity contribution in [2.24, 2.45) is 0 Å². The van der Waals surface area contributed by atoms with Gasteiger partial charge in [-0.1, -0.05) is 6.07 Å². The van der Waals surface area contributed by atoms with Crippen LogP contribution < -0.4 is 10.1 Å². The van der Waals surface area contributed by atoms with Crippen LogP contribution in [0.25, 0.3) is 0 Å². The molecule has 0 bridgehead atoms. The summed E-state index contributed by atoms with van der Waals surface area (Å²) in [7, 11) is 0. The number of Topliss-reactive ketones (excluding diaryl/α,β-unsaturated/α-hetero) is 1. The minimum atomic E-state index is -0.634. The Morgan fingerprint density at radius 1 is 1.38 bits per heavy atom. The molecule has 1 aromatic rings. The second-order valence-electron chi connectivity index (χ2n) is 3.44. The summed E-state index contributed by atoms with van der Waals surface area (Å²) in [4.78, 5) is 22.1. The van der Waals surface area contributed by atoms with E-state index < -0.39 is 11.7 Å². The quantitative estimate of drug-likeness (QED) is 0.790.